The van der Waals surface area contributed by atoms with Gasteiger partial charge in [0, 0.05) is 17.4 Å². The second-order valence-corrected chi connectivity index (χ2v) is 8.57. The fraction of sp³-hybridized carbons (Fsp3) is 0.278. The summed E-state index contributed by atoms with van der Waals surface area (Å²) < 4.78 is 42.9. The van der Waals surface area contributed by atoms with E-state index in [0.29, 0.717) is 17.1 Å². The lowest BCUT2D eigenvalue weighted by Gasteiger charge is -2.23. The Kier molecular flexibility index (Phi) is 3.87. The number of amides is 2. The highest BCUT2D eigenvalue weighted by Crippen LogP contribution is 2.38. The average molecular weight is 376 g/mol. The van der Waals surface area contributed by atoms with Crippen molar-refractivity contribution in [2.24, 2.45) is 0 Å². The quantitative estimate of drug-likeness (QED) is 0.772. The van der Waals surface area contributed by atoms with Crippen LogP contribution in [0, 0.1) is 5.82 Å². The molecular weight excluding hydrogens is 359 g/mol. The lowest BCUT2D eigenvalue weighted by molar-refractivity contribution is 0.255. The van der Waals surface area contributed by atoms with Crippen LogP contribution in [0.2, 0.25) is 0 Å². The third-order valence-electron chi connectivity index (χ3n) is 4.81. The molecule has 2 aromatic rings. The van der Waals surface area contributed by atoms with Crippen LogP contribution in [0.4, 0.5) is 20.6 Å². The molecule has 2 saturated heterocycles. The van der Waals surface area contributed by atoms with E-state index in [2.05, 4.69) is 0 Å². The number of benzene rings is 2. The molecule has 0 aromatic heterocycles. The minimum Gasteiger partial charge on any atom is -0.497 e. The van der Waals surface area contributed by atoms with Gasteiger partial charge in [-0.3, -0.25) is 9.80 Å². The maximum absolute atomic E-state index is 13.3. The van der Waals surface area contributed by atoms with E-state index >= 15 is 0 Å². The molecule has 2 aliphatic rings. The zero-order valence-corrected chi connectivity index (χ0v) is 14.8. The number of urea groups is 1. The number of fused-ring (bicyclic) bond motifs is 1. The molecule has 2 amide bonds. The van der Waals surface area contributed by atoms with E-state index in [0.717, 1.165) is 0 Å². The van der Waals surface area contributed by atoms with E-state index in [1.54, 1.807) is 24.3 Å². The molecular formula is C18H17FN2O4S. The van der Waals surface area contributed by atoms with Gasteiger partial charge in [0.05, 0.1) is 30.7 Å². The average Bonchev–Trinajstić information content (AvgIpc) is 3.04. The summed E-state index contributed by atoms with van der Waals surface area (Å²) in [6.45, 7) is 0. The van der Waals surface area contributed by atoms with Crippen molar-refractivity contribution in [3.63, 3.8) is 0 Å². The first-order valence-corrected chi connectivity index (χ1v) is 9.94. The smallest absolute Gasteiger partial charge is 0.329 e. The summed E-state index contributed by atoms with van der Waals surface area (Å²) in [5.41, 5.74) is 1.06. The summed E-state index contributed by atoms with van der Waals surface area (Å²) in [5, 5.41) is 0. The van der Waals surface area contributed by atoms with Gasteiger partial charge in [0.25, 0.3) is 0 Å². The highest BCUT2D eigenvalue weighted by atomic mass is 32.2. The lowest BCUT2D eigenvalue weighted by atomic mass is 10.1. The second-order valence-electron chi connectivity index (χ2n) is 6.41. The fourth-order valence-corrected chi connectivity index (χ4v) is 5.59. The van der Waals surface area contributed by atoms with Crippen LogP contribution in [-0.4, -0.2) is 45.1 Å². The molecule has 0 spiro atoms. The van der Waals surface area contributed by atoms with Crippen molar-refractivity contribution in [3.05, 3.63) is 54.3 Å². The van der Waals surface area contributed by atoms with Crippen molar-refractivity contribution in [2.75, 3.05) is 28.4 Å². The van der Waals surface area contributed by atoms with Crippen LogP contribution in [0.1, 0.15) is 0 Å². The van der Waals surface area contributed by atoms with E-state index in [1.165, 1.54) is 41.2 Å². The molecule has 2 atom stereocenters. The Morgan fingerprint density at radius 3 is 2.23 bits per heavy atom. The predicted octanol–water partition coefficient (Wildman–Crippen LogP) is 2.45. The third kappa shape index (κ3) is 2.70. The number of hydrogen-bond donors (Lipinski definition) is 0. The topological polar surface area (TPSA) is 66.9 Å². The highest BCUT2D eigenvalue weighted by molar-refractivity contribution is 7.91. The molecule has 2 aliphatic heterocycles. The van der Waals surface area contributed by atoms with E-state index < -0.39 is 27.7 Å². The van der Waals surface area contributed by atoms with Gasteiger partial charge in [0.1, 0.15) is 11.6 Å². The molecule has 0 N–H and O–H groups in total. The van der Waals surface area contributed by atoms with Gasteiger partial charge in [-0.25, -0.2) is 17.6 Å². The number of halogens is 1. The van der Waals surface area contributed by atoms with Crippen molar-refractivity contribution >= 4 is 27.2 Å². The molecule has 8 heteroatoms. The largest absolute Gasteiger partial charge is 0.497 e. The molecule has 4 rings (SSSR count). The Balaban J connectivity index is 1.80. The number of anilines is 2. The van der Waals surface area contributed by atoms with Crippen LogP contribution in [0.15, 0.2) is 48.5 Å². The third-order valence-corrected chi connectivity index (χ3v) is 6.50. The summed E-state index contributed by atoms with van der Waals surface area (Å²) in [6, 6.07) is 11.1. The van der Waals surface area contributed by atoms with Gasteiger partial charge in [0.15, 0.2) is 9.84 Å². The van der Waals surface area contributed by atoms with Gasteiger partial charge in [-0.05, 0) is 36.4 Å². The van der Waals surface area contributed by atoms with Crippen LogP contribution < -0.4 is 14.5 Å². The molecule has 2 heterocycles. The van der Waals surface area contributed by atoms with Gasteiger partial charge >= 0.3 is 6.03 Å². The number of carbonyl (C=O) groups excluding carboxylic acids is 1. The number of nitrogens with zero attached hydrogens (tertiary/aromatic N) is 2. The summed E-state index contributed by atoms with van der Waals surface area (Å²) in [6.07, 6.45) is 0. The normalized spacial score (nSPS) is 24.0. The summed E-state index contributed by atoms with van der Waals surface area (Å²) in [5.74, 6) is -0.0480. The fourth-order valence-electron chi connectivity index (χ4n) is 3.67. The van der Waals surface area contributed by atoms with Crippen molar-refractivity contribution < 1.29 is 22.3 Å². The van der Waals surface area contributed by atoms with Crippen LogP contribution in [0.25, 0.3) is 0 Å². The first-order chi connectivity index (χ1) is 12.4. The SMILES string of the molecule is COc1cccc(N2C(=O)N(c3ccc(F)cc3)[C@@H]3CS(=O)(=O)C[C@@H]32)c1. The second kappa shape index (κ2) is 5.98. The number of carbonyl (C=O) groups is 1. The van der Waals surface area contributed by atoms with Gasteiger partial charge in [0.2, 0.25) is 0 Å². The number of methoxy groups -OCH3 is 1. The van der Waals surface area contributed by atoms with E-state index in [-0.39, 0.29) is 17.5 Å². The zero-order valence-electron chi connectivity index (χ0n) is 14.0. The Labute approximate surface area is 150 Å². The van der Waals surface area contributed by atoms with Gasteiger partial charge in [-0.2, -0.15) is 0 Å². The molecule has 26 heavy (non-hydrogen) atoms. The van der Waals surface area contributed by atoms with E-state index in [9.17, 15) is 17.6 Å². The van der Waals surface area contributed by atoms with Crippen LogP contribution in [-0.2, 0) is 9.84 Å². The number of ether oxygens (including phenoxy) is 1. The van der Waals surface area contributed by atoms with E-state index in [4.69, 9.17) is 4.74 Å². The Hall–Kier alpha value is -2.61. The maximum atomic E-state index is 13.3. The van der Waals surface area contributed by atoms with E-state index in [1.807, 2.05) is 0 Å². The molecule has 136 valence electrons. The Morgan fingerprint density at radius 2 is 1.62 bits per heavy atom. The minimum absolute atomic E-state index is 0.0989. The molecule has 0 saturated carbocycles. The Morgan fingerprint density at radius 1 is 1.00 bits per heavy atom. The first kappa shape index (κ1) is 16.8. The molecule has 0 radical (unpaired) electrons. The van der Waals surface area contributed by atoms with Gasteiger partial charge in [-0.1, -0.05) is 6.07 Å². The summed E-state index contributed by atoms with van der Waals surface area (Å²) in [7, 11) is -1.75. The molecule has 0 unspecified atom stereocenters. The first-order valence-electron chi connectivity index (χ1n) is 8.12. The van der Waals surface area contributed by atoms with Crippen LogP contribution in [0.3, 0.4) is 0 Å². The van der Waals surface area contributed by atoms with Crippen molar-refractivity contribution in [1.29, 1.82) is 0 Å². The van der Waals surface area contributed by atoms with Gasteiger partial charge in [-0.15, -0.1) is 0 Å². The summed E-state index contributed by atoms with van der Waals surface area (Å²) in [4.78, 5) is 16.1. The number of sulfone groups is 1. The van der Waals surface area contributed by atoms with Crippen molar-refractivity contribution in [2.45, 2.75) is 12.1 Å². The van der Waals surface area contributed by atoms with Crippen molar-refractivity contribution in [3.8, 4) is 5.75 Å². The standard InChI is InChI=1S/C18H17FN2O4S/c1-25-15-4-2-3-14(9-15)21-17-11-26(23,24)10-16(17)20(18(21)22)13-7-5-12(19)6-8-13/h2-9,16-17H,10-11H2,1H3/t16-,17+/m1/s1. The highest BCUT2D eigenvalue weighted by Gasteiger charge is 2.54. The Bertz CT molecular complexity index is 961. The lowest BCUT2D eigenvalue weighted by Crippen LogP contribution is -2.37. The van der Waals surface area contributed by atoms with Gasteiger partial charge < -0.3 is 4.74 Å². The monoisotopic (exact) mass is 376 g/mol. The molecule has 2 aromatic carbocycles. The molecule has 6 nitrogen and oxygen atoms in total. The molecule has 0 aliphatic carbocycles. The minimum atomic E-state index is -3.28. The number of hydrogen-bond acceptors (Lipinski definition) is 4. The summed E-state index contributed by atoms with van der Waals surface area (Å²) >= 11 is 0. The van der Waals surface area contributed by atoms with Crippen LogP contribution >= 0.6 is 0 Å². The zero-order chi connectivity index (χ0) is 18.5. The van der Waals surface area contributed by atoms with Crippen molar-refractivity contribution in [1.82, 2.24) is 0 Å². The number of rotatable bonds is 3. The predicted molar refractivity (Wildman–Crippen MR) is 96.0 cm³/mol. The molecule has 2 fully saturated rings. The molecule has 0 bridgehead atoms. The maximum Gasteiger partial charge on any atom is 0.329 e. The van der Waals surface area contributed by atoms with Crippen LogP contribution in [0.5, 0.6) is 5.75 Å².